The Labute approximate surface area is 187 Å². The Kier molecular flexibility index (Phi) is 11.6. The smallest absolute Gasteiger partial charge is 0.191 e. The van der Waals surface area contributed by atoms with Gasteiger partial charge in [0.1, 0.15) is 0 Å². The van der Waals surface area contributed by atoms with Crippen LogP contribution < -0.4 is 20.1 Å². The Hall–Kier alpha value is -1.22. The van der Waals surface area contributed by atoms with Gasteiger partial charge in [-0.3, -0.25) is 4.99 Å². The number of halogens is 1. The maximum absolute atomic E-state index is 5.38. The van der Waals surface area contributed by atoms with Crippen molar-refractivity contribution in [2.45, 2.75) is 44.7 Å². The lowest BCUT2D eigenvalue weighted by atomic mass is 9.83. The minimum Gasteiger partial charge on any atom is -0.493 e. The molecule has 0 radical (unpaired) electrons. The summed E-state index contributed by atoms with van der Waals surface area (Å²) in [7, 11) is 9.48. The van der Waals surface area contributed by atoms with E-state index in [2.05, 4.69) is 34.6 Å². The summed E-state index contributed by atoms with van der Waals surface area (Å²) in [6.45, 7) is 1.58. The van der Waals surface area contributed by atoms with E-state index in [1.54, 1.807) is 14.2 Å². The molecule has 1 aromatic rings. The largest absolute Gasteiger partial charge is 0.493 e. The normalized spacial score (nSPS) is 16.3. The molecule has 0 heterocycles. The van der Waals surface area contributed by atoms with Crippen LogP contribution in [-0.4, -0.2) is 58.8 Å². The van der Waals surface area contributed by atoms with E-state index in [0.717, 1.165) is 35.5 Å². The first-order chi connectivity index (χ1) is 13.1. The molecule has 2 N–H and O–H groups in total. The van der Waals surface area contributed by atoms with E-state index in [1.165, 1.54) is 32.1 Å². The lowest BCUT2D eigenvalue weighted by molar-refractivity contribution is 0.171. The molecule has 0 aliphatic heterocycles. The molecule has 1 aliphatic rings. The molecule has 0 bridgehead atoms. The topological polar surface area (TPSA) is 58.1 Å². The fourth-order valence-electron chi connectivity index (χ4n) is 3.89. The van der Waals surface area contributed by atoms with Crippen LogP contribution in [0.1, 0.15) is 37.7 Å². The molecule has 0 aromatic heterocycles. The highest BCUT2D eigenvalue weighted by molar-refractivity contribution is 14.0. The number of rotatable bonds is 8. The maximum atomic E-state index is 5.38. The lowest BCUT2D eigenvalue weighted by Gasteiger charge is -2.35. The van der Waals surface area contributed by atoms with E-state index < -0.39 is 0 Å². The molecule has 1 aromatic carbocycles. The second-order valence-electron chi connectivity index (χ2n) is 7.43. The van der Waals surface area contributed by atoms with Crippen LogP contribution in [0.3, 0.4) is 0 Å². The van der Waals surface area contributed by atoms with Crippen LogP contribution in [0.25, 0.3) is 0 Å². The van der Waals surface area contributed by atoms with Crippen LogP contribution in [0.4, 0.5) is 0 Å². The highest BCUT2D eigenvalue weighted by atomic mass is 127. The highest BCUT2D eigenvalue weighted by Gasteiger charge is 2.25. The van der Waals surface area contributed by atoms with Crippen molar-refractivity contribution in [2.24, 2.45) is 10.9 Å². The molecular formula is C21H37IN4O2. The van der Waals surface area contributed by atoms with Gasteiger partial charge in [0.2, 0.25) is 0 Å². The number of nitrogens with one attached hydrogen (secondary N) is 2. The fraction of sp³-hybridized carbons (Fsp3) is 0.667. The summed E-state index contributed by atoms with van der Waals surface area (Å²) < 4.78 is 10.7. The minimum absolute atomic E-state index is 0. The number of ether oxygens (including phenoxy) is 2. The van der Waals surface area contributed by atoms with Crippen LogP contribution in [0.2, 0.25) is 0 Å². The Morgan fingerprint density at radius 3 is 2.36 bits per heavy atom. The third-order valence-corrected chi connectivity index (χ3v) is 5.47. The highest BCUT2D eigenvalue weighted by Crippen LogP contribution is 2.28. The zero-order chi connectivity index (χ0) is 19.6. The van der Waals surface area contributed by atoms with Crippen molar-refractivity contribution in [3.05, 3.63) is 23.8 Å². The number of hydrogen-bond donors (Lipinski definition) is 2. The molecule has 1 atom stereocenters. The number of aliphatic imine (C=N–C) groups is 1. The van der Waals surface area contributed by atoms with Crippen molar-refractivity contribution in [1.29, 1.82) is 0 Å². The van der Waals surface area contributed by atoms with E-state index in [9.17, 15) is 0 Å². The van der Waals surface area contributed by atoms with Gasteiger partial charge < -0.3 is 25.0 Å². The Morgan fingerprint density at radius 1 is 1.11 bits per heavy atom. The van der Waals surface area contributed by atoms with Gasteiger partial charge in [-0.15, -0.1) is 24.0 Å². The van der Waals surface area contributed by atoms with Gasteiger partial charge in [-0.2, -0.15) is 0 Å². The van der Waals surface area contributed by atoms with Gasteiger partial charge in [-0.1, -0.05) is 25.3 Å². The molecule has 0 spiro atoms. The number of nitrogens with zero attached hydrogens (tertiary/aromatic N) is 2. The second kappa shape index (κ2) is 13.1. The average molecular weight is 504 g/mol. The van der Waals surface area contributed by atoms with Crippen LogP contribution in [0.15, 0.2) is 23.2 Å². The number of hydrogen-bond acceptors (Lipinski definition) is 4. The number of benzene rings is 1. The van der Waals surface area contributed by atoms with Crippen molar-refractivity contribution >= 4 is 29.9 Å². The molecule has 7 heteroatoms. The van der Waals surface area contributed by atoms with Crippen LogP contribution >= 0.6 is 24.0 Å². The monoisotopic (exact) mass is 504 g/mol. The summed E-state index contributed by atoms with van der Waals surface area (Å²) in [4.78, 5) is 6.73. The van der Waals surface area contributed by atoms with Crippen molar-refractivity contribution < 1.29 is 9.47 Å². The Morgan fingerprint density at radius 2 is 1.79 bits per heavy atom. The summed E-state index contributed by atoms with van der Waals surface area (Å²) in [5, 5.41) is 6.91. The van der Waals surface area contributed by atoms with E-state index in [1.807, 2.05) is 25.2 Å². The molecule has 1 unspecified atom stereocenters. The number of likely N-dealkylation sites (N-methyl/N-ethyl adjacent to an activating group) is 1. The predicted molar refractivity (Wildman–Crippen MR) is 127 cm³/mol. The van der Waals surface area contributed by atoms with Gasteiger partial charge in [0.05, 0.1) is 14.2 Å². The van der Waals surface area contributed by atoms with Crippen LogP contribution in [-0.2, 0) is 6.54 Å². The van der Waals surface area contributed by atoms with Crippen molar-refractivity contribution in [3.63, 3.8) is 0 Å². The molecule has 0 amide bonds. The van der Waals surface area contributed by atoms with Gasteiger partial charge in [0.25, 0.3) is 0 Å². The number of methoxy groups -OCH3 is 2. The van der Waals surface area contributed by atoms with Crippen LogP contribution in [0.5, 0.6) is 11.5 Å². The molecular weight excluding hydrogens is 467 g/mol. The average Bonchev–Trinajstić information content (AvgIpc) is 2.70. The van der Waals surface area contributed by atoms with Crippen molar-refractivity contribution in [1.82, 2.24) is 15.5 Å². The van der Waals surface area contributed by atoms with Crippen LogP contribution in [0, 0.1) is 5.92 Å². The van der Waals surface area contributed by atoms with E-state index in [0.29, 0.717) is 12.6 Å². The Balaban J connectivity index is 0.00000392. The molecule has 160 valence electrons. The first-order valence-electron chi connectivity index (χ1n) is 9.90. The molecule has 1 aliphatic carbocycles. The minimum atomic E-state index is 0. The summed E-state index contributed by atoms with van der Waals surface area (Å²) in [6.07, 6.45) is 6.78. The van der Waals surface area contributed by atoms with Gasteiger partial charge in [0.15, 0.2) is 17.5 Å². The van der Waals surface area contributed by atoms with E-state index in [4.69, 9.17) is 9.47 Å². The SMILES string of the molecule is CN=C(NCc1ccc(OC)c(OC)c1)NCC(C1CCCCC1)N(C)C.I. The van der Waals surface area contributed by atoms with Gasteiger partial charge >= 0.3 is 0 Å². The van der Waals surface area contributed by atoms with Gasteiger partial charge in [-0.05, 0) is 50.6 Å². The lowest BCUT2D eigenvalue weighted by Crippen LogP contribution is -2.48. The molecule has 28 heavy (non-hydrogen) atoms. The fourth-order valence-corrected chi connectivity index (χ4v) is 3.89. The number of guanidine groups is 1. The first kappa shape index (κ1) is 24.8. The maximum Gasteiger partial charge on any atom is 0.191 e. The molecule has 0 saturated heterocycles. The Bertz CT molecular complexity index is 604. The third-order valence-electron chi connectivity index (χ3n) is 5.47. The summed E-state index contributed by atoms with van der Waals surface area (Å²) in [5.74, 6) is 3.08. The summed E-state index contributed by atoms with van der Waals surface area (Å²) in [5.41, 5.74) is 1.12. The zero-order valence-electron chi connectivity index (χ0n) is 18.0. The standard InChI is InChI=1S/C21H36N4O2.HI/c1-22-21(23-14-16-11-12-19(26-4)20(13-16)27-5)24-15-18(25(2)3)17-9-7-6-8-10-17;/h11-13,17-18H,6-10,14-15H2,1-5H3,(H2,22,23,24);1H. The van der Waals surface area contributed by atoms with E-state index >= 15 is 0 Å². The first-order valence-corrected chi connectivity index (χ1v) is 9.90. The van der Waals surface area contributed by atoms with E-state index in [-0.39, 0.29) is 24.0 Å². The summed E-state index contributed by atoms with van der Waals surface area (Å²) >= 11 is 0. The van der Waals surface area contributed by atoms with Gasteiger partial charge in [0, 0.05) is 26.2 Å². The van der Waals surface area contributed by atoms with Crippen molar-refractivity contribution in [2.75, 3.05) is 41.9 Å². The van der Waals surface area contributed by atoms with Gasteiger partial charge in [-0.25, -0.2) is 0 Å². The molecule has 2 rings (SSSR count). The summed E-state index contributed by atoms with van der Waals surface area (Å²) in [6, 6.07) is 6.48. The second-order valence-corrected chi connectivity index (χ2v) is 7.43. The van der Waals surface area contributed by atoms with Crippen molar-refractivity contribution in [3.8, 4) is 11.5 Å². The predicted octanol–water partition coefficient (Wildman–Crippen LogP) is 3.50. The molecule has 1 fully saturated rings. The zero-order valence-corrected chi connectivity index (χ0v) is 20.3. The molecule has 6 nitrogen and oxygen atoms in total. The quantitative estimate of drug-likeness (QED) is 0.323. The molecule has 1 saturated carbocycles. The third kappa shape index (κ3) is 7.31.